The molecule has 0 radical (unpaired) electrons. The van der Waals surface area contributed by atoms with Crippen LogP contribution in [-0.2, 0) is 20.7 Å². The Bertz CT molecular complexity index is 1010. The van der Waals surface area contributed by atoms with Crippen molar-refractivity contribution in [3.63, 3.8) is 0 Å². The number of methoxy groups -OCH3 is 1. The summed E-state index contributed by atoms with van der Waals surface area (Å²) in [6, 6.07) is 25.8. The van der Waals surface area contributed by atoms with Gasteiger partial charge in [0.1, 0.15) is 6.04 Å². The van der Waals surface area contributed by atoms with Gasteiger partial charge in [-0.15, -0.1) is 0 Å². The predicted octanol–water partition coefficient (Wildman–Crippen LogP) is 4.22. The van der Waals surface area contributed by atoms with Crippen LogP contribution >= 0.6 is 0 Å². The SMILES string of the molecule is COC(=O)[C@H](Cc1ccccc1)NC(=O)CCC(=O)c1ccc(-c2ccccc2)cc1. The van der Waals surface area contributed by atoms with E-state index in [-0.39, 0.29) is 24.5 Å². The van der Waals surface area contributed by atoms with Crippen LogP contribution in [0, 0.1) is 0 Å². The molecule has 0 saturated carbocycles. The first kappa shape index (κ1) is 22.0. The van der Waals surface area contributed by atoms with Crippen LogP contribution in [0.5, 0.6) is 0 Å². The molecule has 0 fully saturated rings. The minimum atomic E-state index is -0.792. The van der Waals surface area contributed by atoms with Gasteiger partial charge in [-0.1, -0.05) is 84.9 Å². The van der Waals surface area contributed by atoms with Gasteiger partial charge < -0.3 is 10.1 Å². The van der Waals surface area contributed by atoms with E-state index >= 15 is 0 Å². The summed E-state index contributed by atoms with van der Waals surface area (Å²) in [4.78, 5) is 36.9. The molecule has 0 unspecified atom stereocenters. The highest BCUT2D eigenvalue weighted by atomic mass is 16.5. The van der Waals surface area contributed by atoms with Crippen LogP contribution in [0.3, 0.4) is 0 Å². The van der Waals surface area contributed by atoms with Gasteiger partial charge in [-0.2, -0.15) is 0 Å². The van der Waals surface area contributed by atoms with E-state index in [0.717, 1.165) is 16.7 Å². The summed E-state index contributed by atoms with van der Waals surface area (Å²) in [6.45, 7) is 0. The molecule has 0 spiro atoms. The maximum Gasteiger partial charge on any atom is 0.328 e. The van der Waals surface area contributed by atoms with Crippen LogP contribution in [-0.4, -0.2) is 30.8 Å². The molecule has 0 heterocycles. The highest BCUT2D eigenvalue weighted by Crippen LogP contribution is 2.20. The molecule has 0 aliphatic heterocycles. The average Bonchev–Trinajstić information content (AvgIpc) is 2.83. The third-order valence-corrected chi connectivity index (χ3v) is 5.00. The molecule has 0 bridgehead atoms. The van der Waals surface area contributed by atoms with Gasteiger partial charge in [-0.05, 0) is 16.7 Å². The fourth-order valence-corrected chi connectivity index (χ4v) is 3.30. The molecular weight excluding hydrogens is 390 g/mol. The molecule has 158 valence electrons. The van der Waals surface area contributed by atoms with E-state index in [1.54, 1.807) is 12.1 Å². The number of rotatable bonds is 9. The highest BCUT2D eigenvalue weighted by Gasteiger charge is 2.22. The first-order chi connectivity index (χ1) is 15.1. The Balaban J connectivity index is 1.55. The Morgan fingerprint density at radius 1 is 0.774 bits per heavy atom. The number of carbonyl (C=O) groups is 3. The lowest BCUT2D eigenvalue weighted by atomic mass is 10.0. The van der Waals surface area contributed by atoms with Gasteiger partial charge in [-0.3, -0.25) is 9.59 Å². The predicted molar refractivity (Wildman–Crippen MR) is 120 cm³/mol. The summed E-state index contributed by atoms with van der Waals surface area (Å²) in [5.74, 6) is -0.993. The monoisotopic (exact) mass is 415 g/mol. The van der Waals surface area contributed by atoms with Gasteiger partial charge in [0.05, 0.1) is 7.11 Å². The fourth-order valence-electron chi connectivity index (χ4n) is 3.30. The molecular formula is C26H25NO4. The van der Waals surface area contributed by atoms with Crippen LogP contribution in [0.4, 0.5) is 0 Å². The lowest BCUT2D eigenvalue weighted by Gasteiger charge is -2.16. The van der Waals surface area contributed by atoms with Gasteiger partial charge in [0.2, 0.25) is 5.91 Å². The van der Waals surface area contributed by atoms with Crippen LogP contribution < -0.4 is 5.32 Å². The van der Waals surface area contributed by atoms with Crippen molar-refractivity contribution in [1.82, 2.24) is 5.32 Å². The van der Waals surface area contributed by atoms with E-state index in [0.29, 0.717) is 12.0 Å². The summed E-state index contributed by atoms with van der Waals surface area (Å²) < 4.78 is 4.81. The average molecular weight is 415 g/mol. The molecule has 3 aromatic rings. The summed E-state index contributed by atoms with van der Waals surface area (Å²) in [6.07, 6.45) is 0.394. The fraction of sp³-hybridized carbons (Fsp3) is 0.192. The first-order valence-corrected chi connectivity index (χ1v) is 10.2. The van der Waals surface area contributed by atoms with Crippen molar-refractivity contribution in [1.29, 1.82) is 0 Å². The lowest BCUT2D eigenvalue weighted by molar-refractivity contribution is -0.145. The van der Waals surface area contributed by atoms with Gasteiger partial charge in [-0.25, -0.2) is 4.79 Å². The summed E-state index contributed by atoms with van der Waals surface area (Å²) in [7, 11) is 1.29. The van der Waals surface area contributed by atoms with E-state index in [1.807, 2.05) is 72.8 Å². The van der Waals surface area contributed by atoms with Crippen molar-refractivity contribution in [2.45, 2.75) is 25.3 Å². The van der Waals surface area contributed by atoms with E-state index in [4.69, 9.17) is 4.74 Å². The number of carbonyl (C=O) groups excluding carboxylic acids is 3. The molecule has 3 aromatic carbocycles. The molecule has 1 N–H and O–H groups in total. The molecule has 3 rings (SSSR count). The molecule has 1 atom stereocenters. The van der Waals surface area contributed by atoms with Crippen LogP contribution in [0.15, 0.2) is 84.9 Å². The zero-order valence-electron chi connectivity index (χ0n) is 17.4. The Morgan fingerprint density at radius 3 is 1.97 bits per heavy atom. The van der Waals surface area contributed by atoms with Gasteiger partial charge >= 0.3 is 5.97 Å². The Hall–Kier alpha value is -3.73. The van der Waals surface area contributed by atoms with E-state index in [1.165, 1.54) is 7.11 Å². The number of hydrogen-bond acceptors (Lipinski definition) is 4. The van der Waals surface area contributed by atoms with Gasteiger partial charge in [0.15, 0.2) is 5.78 Å². The smallest absolute Gasteiger partial charge is 0.328 e. The number of esters is 1. The summed E-state index contributed by atoms with van der Waals surface area (Å²) in [5.41, 5.74) is 3.57. The minimum absolute atomic E-state index is 0.00154. The normalized spacial score (nSPS) is 11.4. The van der Waals surface area contributed by atoms with Crippen LogP contribution in [0.1, 0.15) is 28.8 Å². The largest absolute Gasteiger partial charge is 0.467 e. The highest BCUT2D eigenvalue weighted by molar-refractivity contribution is 5.98. The van der Waals surface area contributed by atoms with Crippen molar-refractivity contribution in [3.8, 4) is 11.1 Å². The van der Waals surface area contributed by atoms with Crippen molar-refractivity contribution in [2.75, 3.05) is 7.11 Å². The van der Waals surface area contributed by atoms with E-state index in [9.17, 15) is 14.4 Å². The third-order valence-electron chi connectivity index (χ3n) is 5.00. The van der Waals surface area contributed by atoms with Crippen molar-refractivity contribution < 1.29 is 19.1 Å². The molecule has 0 aliphatic carbocycles. The van der Waals surface area contributed by atoms with Crippen molar-refractivity contribution >= 4 is 17.7 Å². The number of benzene rings is 3. The van der Waals surface area contributed by atoms with Crippen LogP contribution in [0.25, 0.3) is 11.1 Å². The molecule has 31 heavy (non-hydrogen) atoms. The molecule has 0 saturated heterocycles. The topological polar surface area (TPSA) is 72.5 Å². The zero-order valence-corrected chi connectivity index (χ0v) is 17.4. The quantitative estimate of drug-likeness (QED) is 0.420. The second kappa shape index (κ2) is 10.9. The number of ketones is 1. The van der Waals surface area contributed by atoms with E-state index in [2.05, 4.69) is 5.32 Å². The van der Waals surface area contributed by atoms with E-state index < -0.39 is 12.0 Å². The number of nitrogens with one attached hydrogen (secondary N) is 1. The minimum Gasteiger partial charge on any atom is -0.467 e. The second-order valence-corrected chi connectivity index (χ2v) is 7.20. The number of amides is 1. The Morgan fingerprint density at radius 2 is 1.35 bits per heavy atom. The lowest BCUT2D eigenvalue weighted by Crippen LogP contribution is -2.43. The first-order valence-electron chi connectivity index (χ1n) is 10.2. The molecule has 1 amide bonds. The standard InChI is InChI=1S/C26H25NO4/c1-31-26(30)23(18-19-8-4-2-5-9-19)27-25(29)17-16-24(28)22-14-12-21(13-15-22)20-10-6-3-7-11-20/h2-15,23H,16-18H2,1H3,(H,27,29)/t23-/m0/s1. The summed E-state index contributed by atoms with van der Waals surface area (Å²) >= 11 is 0. The van der Waals surface area contributed by atoms with Crippen molar-refractivity contribution in [2.24, 2.45) is 0 Å². The van der Waals surface area contributed by atoms with Gasteiger partial charge in [0, 0.05) is 24.8 Å². The number of hydrogen-bond donors (Lipinski definition) is 1. The molecule has 0 aliphatic rings. The second-order valence-electron chi connectivity index (χ2n) is 7.20. The Kier molecular flexibility index (Phi) is 7.71. The summed E-state index contributed by atoms with van der Waals surface area (Å²) in [5, 5.41) is 2.69. The molecule has 5 heteroatoms. The molecule has 0 aromatic heterocycles. The zero-order chi connectivity index (χ0) is 22.1. The van der Waals surface area contributed by atoms with Crippen LogP contribution in [0.2, 0.25) is 0 Å². The number of Topliss-reactive ketones (excluding diaryl/α,β-unsaturated/α-hetero) is 1. The molecule has 5 nitrogen and oxygen atoms in total. The number of ether oxygens (including phenoxy) is 1. The van der Waals surface area contributed by atoms with Crippen molar-refractivity contribution in [3.05, 3.63) is 96.1 Å². The third kappa shape index (κ3) is 6.37. The van der Waals surface area contributed by atoms with Gasteiger partial charge in [0.25, 0.3) is 0 Å². The maximum absolute atomic E-state index is 12.5. The Labute approximate surface area is 182 Å². The maximum atomic E-state index is 12.5.